The summed E-state index contributed by atoms with van der Waals surface area (Å²) >= 11 is 12.7. The number of aromatic nitrogens is 2. The van der Waals surface area contributed by atoms with Crippen LogP contribution in [0.25, 0.3) is 10.9 Å². The van der Waals surface area contributed by atoms with Crippen molar-refractivity contribution < 1.29 is 23.9 Å². The predicted molar refractivity (Wildman–Crippen MR) is 131 cm³/mol. The van der Waals surface area contributed by atoms with Crippen LogP contribution >= 0.6 is 23.2 Å². The van der Waals surface area contributed by atoms with E-state index in [0.29, 0.717) is 16.7 Å². The average Bonchev–Trinajstić information content (AvgIpc) is 3.57. The summed E-state index contributed by atoms with van der Waals surface area (Å²) in [6.07, 6.45) is 4.74. The molecule has 3 aromatic rings. The van der Waals surface area contributed by atoms with Crippen molar-refractivity contribution in [1.82, 2.24) is 14.9 Å². The summed E-state index contributed by atoms with van der Waals surface area (Å²) in [5, 5.41) is 5.84. The van der Waals surface area contributed by atoms with Gasteiger partial charge in [0.15, 0.2) is 0 Å². The highest BCUT2D eigenvalue weighted by Crippen LogP contribution is 2.32. The first-order chi connectivity index (χ1) is 16.7. The lowest BCUT2D eigenvalue weighted by atomic mass is 10.1. The van der Waals surface area contributed by atoms with Gasteiger partial charge in [0.05, 0.1) is 27.7 Å². The Bertz CT molecular complexity index is 1330. The highest BCUT2D eigenvalue weighted by molar-refractivity contribution is 6.40. The van der Waals surface area contributed by atoms with E-state index in [1.54, 1.807) is 19.1 Å². The number of anilines is 1. The molecule has 11 heteroatoms. The van der Waals surface area contributed by atoms with E-state index in [2.05, 4.69) is 15.6 Å². The highest BCUT2D eigenvalue weighted by atomic mass is 35.5. The van der Waals surface area contributed by atoms with Crippen molar-refractivity contribution in [3.63, 3.8) is 0 Å². The summed E-state index contributed by atoms with van der Waals surface area (Å²) in [6, 6.07) is 5.05. The lowest BCUT2D eigenvalue weighted by molar-refractivity contribution is -0.144. The zero-order valence-corrected chi connectivity index (χ0v) is 20.4. The van der Waals surface area contributed by atoms with Crippen LogP contribution in [0.2, 0.25) is 10.0 Å². The molecule has 0 aliphatic heterocycles. The Labute approximate surface area is 210 Å². The number of pyridine rings is 1. The summed E-state index contributed by atoms with van der Waals surface area (Å²) in [4.78, 5) is 54.1. The van der Waals surface area contributed by atoms with E-state index in [4.69, 9.17) is 27.9 Å². The average molecular weight is 517 g/mol. The molecule has 0 radical (unpaired) electrons. The Morgan fingerprint density at radius 1 is 1.17 bits per heavy atom. The van der Waals surface area contributed by atoms with Crippen LogP contribution in [-0.4, -0.2) is 45.9 Å². The number of rotatable bonds is 7. The molecule has 0 bridgehead atoms. The van der Waals surface area contributed by atoms with E-state index in [1.165, 1.54) is 36.0 Å². The Hall–Kier alpha value is -3.43. The van der Waals surface area contributed by atoms with E-state index < -0.39 is 23.8 Å². The zero-order valence-electron chi connectivity index (χ0n) is 18.9. The molecule has 35 heavy (non-hydrogen) atoms. The van der Waals surface area contributed by atoms with Crippen molar-refractivity contribution in [2.24, 2.45) is 5.92 Å². The molecule has 2 N–H and O–H groups in total. The van der Waals surface area contributed by atoms with Crippen LogP contribution in [0.5, 0.6) is 0 Å². The lowest BCUT2D eigenvalue weighted by Crippen LogP contribution is -2.39. The van der Waals surface area contributed by atoms with Crippen LogP contribution < -0.4 is 10.6 Å². The maximum absolute atomic E-state index is 13.4. The first-order valence-corrected chi connectivity index (χ1v) is 11.7. The Kier molecular flexibility index (Phi) is 7.09. The quantitative estimate of drug-likeness (QED) is 0.457. The van der Waals surface area contributed by atoms with Gasteiger partial charge in [-0.25, -0.2) is 9.78 Å². The molecule has 1 saturated carbocycles. The van der Waals surface area contributed by atoms with Crippen LogP contribution in [0, 0.1) is 5.92 Å². The van der Waals surface area contributed by atoms with Gasteiger partial charge >= 0.3 is 5.97 Å². The molecule has 2 heterocycles. The minimum Gasteiger partial charge on any atom is -0.464 e. The van der Waals surface area contributed by atoms with Crippen LogP contribution in [0.4, 0.5) is 5.82 Å². The van der Waals surface area contributed by atoms with Crippen LogP contribution in [0.1, 0.15) is 47.4 Å². The molecular weight excluding hydrogens is 495 g/mol. The van der Waals surface area contributed by atoms with E-state index in [-0.39, 0.29) is 39.6 Å². The van der Waals surface area contributed by atoms with Gasteiger partial charge in [0.2, 0.25) is 5.91 Å². The molecule has 0 spiro atoms. The maximum atomic E-state index is 13.4. The predicted octanol–water partition coefficient (Wildman–Crippen LogP) is 4.06. The molecular formula is C24H22Cl2N4O5. The molecule has 0 saturated heterocycles. The van der Waals surface area contributed by atoms with Gasteiger partial charge in [0.25, 0.3) is 11.8 Å². The van der Waals surface area contributed by atoms with Crippen LogP contribution in [-0.2, 0) is 14.3 Å². The minimum atomic E-state index is -0.879. The zero-order chi connectivity index (χ0) is 25.3. The van der Waals surface area contributed by atoms with Gasteiger partial charge in [-0.05, 0) is 51.0 Å². The van der Waals surface area contributed by atoms with E-state index in [0.717, 1.165) is 12.8 Å². The SMILES string of the molecule is CCOC(=O)[C@H](C)NC(=O)c1cc(Cl)c(C(=O)n2ccc3c(NC(=O)C4CC4)nccc32)c(Cl)c1. The number of ether oxygens (including phenoxy) is 1. The number of amides is 2. The summed E-state index contributed by atoms with van der Waals surface area (Å²) < 4.78 is 6.23. The van der Waals surface area contributed by atoms with Crippen molar-refractivity contribution in [3.05, 3.63) is 57.8 Å². The van der Waals surface area contributed by atoms with Gasteiger partial charge in [-0.15, -0.1) is 0 Å². The molecule has 2 aromatic heterocycles. The molecule has 0 unspecified atom stereocenters. The number of fused-ring (bicyclic) bond motifs is 1. The summed E-state index contributed by atoms with van der Waals surface area (Å²) in [7, 11) is 0. The molecule has 9 nitrogen and oxygen atoms in total. The van der Waals surface area contributed by atoms with E-state index in [1.807, 2.05) is 0 Å². The molecule has 1 fully saturated rings. The number of carbonyl (C=O) groups is 4. The Morgan fingerprint density at radius 3 is 2.49 bits per heavy atom. The third-order valence-corrected chi connectivity index (χ3v) is 6.13. The number of nitrogens with zero attached hydrogens (tertiary/aromatic N) is 2. The number of hydrogen-bond acceptors (Lipinski definition) is 6. The molecule has 1 atom stereocenters. The molecule has 1 aromatic carbocycles. The highest BCUT2D eigenvalue weighted by Gasteiger charge is 2.30. The maximum Gasteiger partial charge on any atom is 0.328 e. The Balaban J connectivity index is 1.59. The molecule has 4 rings (SSSR count). The number of carbonyl (C=O) groups excluding carboxylic acids is 4. The first-order valence-electron chi connectivity index (χ1n) is 11.0. The summed E-state index contributed by atoms with van der Waals surface area (Å²) in [5.74, 6) is -1.42. The standard InChI is InChI=1S/C24H22Cl2N4O5/c1-3-35-24(34)12(2)28-22(32)14-10-16(25)19(17(26)11-14)23(33)30-9-7-15-18(30)6-8-27-20(15)29-21(31)13-4-5-13/h6-13H,3-5H2,1-2H3,(H,28,32)(H,27,29,31)/t12-/m0/s1. The van der Waals surface area contributed by atoms with Crippen molar-refractivity contribution in [2.45, 2.75) is 32.7 Å². The fourth-order valence-corrected chi connectivity index (χ4v) is 4.19. The normalized spacial score (nSPS) is 13.8. The van der Waals surface area contributed by atoms with E-state index >= 15 is 0 Å². The third kappa shape index (κ3) is 5.16. The van der Waals surface area contributed by atoms with Crippen LogP contribution in [0.3, 0.4) is 0 Å². The second-order valence-electron chi connectivity index (χ2n) is 8.11. The topological polar surface area (TPSA) is 119 Å². The minimum absolute atomic E-state index is 0.00111. The van der Waals surface area contributed by atoms with Gasteiger partial charge in [-0.3, -0.25) is 19.0 Å². The van der Waals surface area contributed by atoms with Gasteiger partial charge in [-0.1, -0.05) is 23.2 Å². The van der Waals surface area contributed by atoms with Crippen molar-refractivity contribution in [1.29, 1.82) is 0 Å². The van der Waals surface area contributed by atoms with Gasteiger partial charge in [0.1, 0.15) is 11.9 Å². The third-order valence-electron chi connectivity index (χ3n) is 5.53. The van der Waals surface area contributed by atoms with Crippen molar-refractivity contribution in [2.75, 3.05) is 11.9 Å². The second kappa shape index (κ2) is 10.1. The van der Waals surface area contributed by atoms with Gasteiger partial charge < -0.3 is 15.4 Å². The molecule has 1 aliphatic rings. The smallest absolute Gasteiger partial charge is 0.328 e. The van der Waals surface area contributed by atoms with Crippen molar-refractivity contribution in [3.8, 4) is 0 Å². The molecule has 182 valence electrons. The largest absolute Gasteiger partial charge is 0.464 e. The fraction of sp³-hybridized carbons (Fsp3) is 0.292. The molecule has 1 aliphatic carbocycles. The van der Waals surface area contributed by atoms with Crippen molar-refractivity contribution >= 4 is 63.6 Å². The summed E-state index contributed by atoms with van der Waals surface area (Å²) in [6.45, 7) is 3.34. The van der Waals surface area contributed by atoms with Gasteiger partial charge in [0, 0.05) is 29.3 Å². The number of benzene rings is 1. The fourth-order valence-electron chi connectivity index (χ4n) is 3.54. The monoisotopic (exact) mass is 516 g/mol. The van der Waals surface area contributed by atoms with E-state index in [9.17, 15) is 19.2 Å². The first kappa shape index (κ1) is 24.7. The lowest BCUT2D eigenvalue weighted by Gasteiger charge is -2.14. The van der Waals surface area contributed by atoms with Gasteiger partial charge in [-0.2, -0.15) is 0 Å². The molecule has 2 amide bonds. The van der Waals surface area contributed by atoms with Crippen LogP contribution in [0.15, 0.2) is 36.7 Å². The summed E-state index contributed by atoms with van der Waals surface area (Å²) in [5.41, 5.74) is 0.592. The Morgan fingerprint density at radius 2 is 1.86 bits per heavy atom. The number of nitrogens with one attached hydrogen (secondary N) is 2. The number of esters is 1. The number of halogens is 2. The second-order valence-corrected chi connectivity index (χ2v) is 8.92. The number of hydrogen-bond donors (Lipinski definition) is 2.